The number of carboxylic acid groups (broad SMARTS) is 1. The molecule has 0 heterocycles. The van der Waals surface area contributed by atoms with Crippen molar-refractivity contribution in [1.29, 1.82) is 0 Å². The van der Waals surface area contributed by atoms with Gasteiger partial charge in [-0.2, -0.15) is 0 Å². The van der Waals surface area contributed by atoms with Gasteiger partial charge in [0.05, 0.1) is 6.10 Å². The van der Waals surface area contributed by atoms with Crippen LogP contribution < -0.4 is 5.11 Å². The molecule has 0 saturated heterocycles. The molecule has 134 valence electrons. The van der Waals surface area contributed by atoms with Crippen LogP contribution in [0.25, 0.3) is 0 Å². The quantitative estimate of drug-likeness (QED) is 0.530. The molecule has 0 N–H and O–H groups in total. The van der Waals surface area contributed by atoms with E-state index < -0.39 is 14.4 Å². The van der Waals surface area contributed by atoms with Crippen molar-refractivity contribution >= 4 is 14.4 Å². The summed E-state index contributed by atoms with van der Waals surface area (Å²) in [6.45, 7) is 15.2. The fourth-order valence-electron chi connectivity index (χ4n) is 2.19. The van der Waals surface area contributed by atoms with Crippen LogP contribution in [0.3, 0.4) is 0 Å². The van der Waals surface area contributed by atoms with Crippen LogP contribution in [0.4, 0.5) is 4.79 Å². The van der Waals surface area contributed by atoms with Gasteiger partial charge in [0.25, 0.3) is 0 Å². The second kappa shape index (κ2) is 8.49. The normalized spacial score (nSPS) is 13.4. The number of carbonyl (C=O) groups excluding carboxylic acids is 1. The van der Waals surface area contributed by atoms with E-state index in [1.54, 1.807) is 6.08 Å². The van der Waals surface area contributed by atoms with Gasteiger partial charge in [0.2, 0.25) is 0 Å². The maximum atomic E-state index is 11.6. The predicted octanol–water partition coefficient (Wildman–Crippen LogP) is 3.80. The molecule has 5 heteroatoms. The van der Waals surface area contributed by atoms with Crippen LogP contribution in [0.1, 0.15) is 32.8 Å². The summed E-state index contributed by atoms with van der Waals surface area (Å²) in [4.78, 5) is 12.9. The summed E-state index contributed by atoms with van der Waals surface area (Å²) in [5.41, 5.74) is 0.936. The van der Waals surface area contributed by atoms with Gasteiger partial charge in [-0.05, 0) is 30.1 Å². The Hall–Kier alpha value is -1.59. The van der Waals surface area contributed by atoms with Gasteiger partial charge in [-0.25, -0.2) is 0 Å². The number of carbonyl (C=O) groups is 1. The second-order valence-electron chi connectivity index (χ2n) is 7.66. The molecule has 0 aliphatic carbocycles. The third-order valence-corrected chi connectivity index (χ3v) is 9.13. The van der Waals surface area contributed by atoms with Crippen molar-refractivity contribution in [3.8, 4) is 0 Å². The zero-order valence-electron chi connectivity index (χ0n) is 15.5. The summed E-state index contributed by atoms with van der Waals surface area (Å²) in [7, 11) is -1.99. The van der Waals surface area contributed by atoms with Crippen LogP contribution in [0.2, 0.25) is 18.1 Å². The molecule has 1 atom stereocenters. The molecule has 0 radical (unpaired) electrons. The van der Waals surface area contributed by atoms with Crippen LogP contribution in [0, 0.1) is 0 Å². The highest BCUT2D eigenvalue weighted by Gasteiger charge is 2.39. The standard InChI is InChI=1S/C19H31NO3Si/c1-7-11-17(23-24(5,6)19(2,3)4)15-20(18(21)22)14-16-12-9-8-10-13-16/h7-10,12-13,17H,1,11,14-15H2,2-6H3,(H,21,22)/p-1. The maximum Gasteiger partial charge on any atom is 0.192 e. The van der Waals surface area contributed by atoms with Gasteiger partial charge in [0.1, 0.15) is 6.09 Å². The van der Waals surface area contributed by atoms with Gasteiger partial charge in [-0.3, -0.25) is 0 Å². The fraction of sp³-hybridized carbons (Fsp3) is 0.526. The number of benzene rings is 1. The first kappa shape index (κ1) is 20.5. The van der Waals surface area contributed by atoms with E-state index in [4.69, 9.17) is 4.43 Å². The van der Waals surface area contributed by atoms with Crippen molar-refractivity contribution in [1.82, 2.24) is 4.90 Å². The lowest BCUT2D eigenvalue weighted by Crippen LogP contribution is -2.49. The van der Waals surface area contributed by atoms with E-state index >= 15 is 0 Å². The Kier molecular flexibility index (Phi) is 7.23. The first-order valence-electron chi connectivity index (χ1n) is 8.35. The molecule has 0 aliphatic rings. The number of amides is 1. The largest absolute Gasteiger partial charge is 0.530 e. The summed E-state index contributed by atoms with van der Waals surface area (Å²) in [5.74, 6) is 0. The molecule has 1 aromatic rings. The van der Waals surface area contributed by atoms with E-state index in [0.29, 0.717) is 13.0 Å². The topological polar surface area (TPSA) is 52.6 Å². The first-order chi connectivity index (χ1) is 11.1. The molecule has 0 saturated carbocycles. The summed E-state index contributed by atoms with van der Waals surface area (Å²) in [6.07, 6.45) is 1.02. The first-order valence-corrected chi connectivity index (χ1v) is 11.3. The maximum absolute atomic E-state index is 11.6. The van der Waals surface area contributed by atoms with E-state index in [2.05, 4.69) is 40.4 Å². The molecule has 4 nitrogen and oxygen atoms in total. The number of hydrogen-bond donors (Lipinski definition) is 0. The van der Waals surface area contributed by atoms with Crippen LogP contribution >= 0.6 is 0 Å². The molecule has 1 aromatic carbocycles. The van der Waals surface area contributed by atoms with E-state index in [1.165, 1.54) is 4.90 Å². The van der Waals surface area contributed by atoms with Crippen molar-refractivity contribution in [3.63, 3.8) is 0 Å². The summed E-state index contributed by atoms with van der Waals surface area (Å²) < 4.78 is 6.40. The van der Waals surface area contributed by atoms with E-state index in [0.717, 1.165) is 5.56 Å². The second-order valence-corrected chi connectivity index (χ2v) is 12.4. The lowest BCUT2D eigenvalue weighted by molar-refractivity contribution is -0.267. The van der Waals surface area contributed by atoms with Gasteiger partial charge >= 0.3 is 0 Å². The minimum Gasteiger partial charge on any atom is -0.530 e. The number of hydrogen-bond acceptors (Lipinski definition) is 3. The average molecular weight is 349 g/mol. The smallest absolute Gasteiger partial charge is 0.192 e. The Morgan fingerprint density at radius 2 is 1.92 bits per heavy atom. The van der Waals surface area contributed by atoms with E-state index in [9.17, 15) is 9.90 Å². The minimum absolute atomic E-state index is 0.0676. The van der Waals surface area contributed by atoms with Crippen molar-refractivity contribution in [2.24, 2.45) is 0 Å². The monoisotopic (exact) mass is 348 g/mol. The molecular weight excluding hydrogens is 318 g/mol. The average Bonchev–Trinajstić information content (AvgIpc) is 2.46. The summed E-state index contributed by atoms with van der Waals surface area (Å²) >= 11 is 0. The van der Waals surface area contributed by atoms with Crippen LogP contribution in [0.15, 0.2) is 43.0 Å². The van der Waals surface area contributed by atoms with E-state index in [1.807, 2.05) is 30.3 Å². The van der Waals surface area contributed by atoms with Gasteiger partial charge in [0, 0.05) is 13.1 Å². The molecular formula is C19H30NO3Si-. The lowest BCUT2D eigenvalue weighted by Gasteiger charge is -2.40. The van der Waals surface area contributed by atoms with Crippen molar-refractivity contribution < 1.29 is 14.3 Å². The minimum atomic E-state index is -1.99. The molecule has 1 amide bonds. The lowest BCUT2D eigenvalue weighted by atomic mass is 10.2. The molecule has 0 bridgehead atoms. The number of nitrogens with zero attached hydrogens (tertiary/aromatic N) is 1. The molecule has 0 fully saturated rings. The SMILES string of the molecule is C=CCC(CN(Cc1ccccc1)C(=O)[O-])O[Si](C)(C)C(C)(C)C. The third-order valence-electron chi connectivity index (χ3n) is 4.60. The zero-order valence-corrected chi connectivity index (χ0v) is 16.5. The highest BCUT2D eigenvalue weighted by molar-refractivity contribution is 6.74. The van der Waals surface area contributed by atoms with E-state index in [-0.39, 0.29) is 17.7 Å². The Bertz CT molecular complexity index is 537. The van der Waals surface area contributed by atoms with Gasteiger partial charge in [-0.1, -0.05) is 57.2 Å². The zero-order chi connectivity index (χ0) is 18.4. The molecule has 0 spiro atoms. The molecule has 0 aromatic heterocycles. The van der Waals surface area contributed by atoms with Crippen LogP contribution in [0.5, 0.6) is 0 Å². The summed E-state index contributed by atoms with van der Waals surface area (Å²) in [5, 5.41) is 11.6. The van der Waals surface area contributed by atoms with Crippen LogP contribution in [-0.2, 0) is 11.0 Å². The third kappa shape index (κ3) is 6.13. The molecule has 0 aliphatic heterocycles. The van der Waals surface area contributed by atoms with Gasteiger partial charge < -0.3 is 19.2 Å². The van der Waals surface area contributed by atoms with Crippen molar-refractivity contribution in [2.45, 2.75) is 58.0 Å². The van der Waals surface area contributed by atoms with Gasteiger partial charge in [0.15, 0.2) is 8.32 Å². The Morgan fingerprint density at radius 3 is 2.38 bits per heavy atom. The predicted molar refractivity (Wildman–Crippen MR) is 99.1 cm³/mol. The molecule has 24 heavy (non-hydrogen) atoms. The van der Waals surface area contributed by atoms with Crippen molar-refractivity contribution in [3.05, 3.63) is 48.6 Å². The summed E-state index contributed by atoms with van der Waals surface area (Å²) in [6, 6.07) is 9.53. The Morgan fingerprint density at radius 1 is 1.33 bits per heavy atom. The molecule has 1 rings (SSSR count). The van der Waals surface area contributed by atoms with Crippen molar-refractivity contribution in [2.75, 3.05) is 6.54 Å². The Labute approximate surface area is 147 Å². The van der Waals surface area contributed by atoms with Gasteiger partial charge in [-0.15, -0.1) is 6.58 Å². The highest BCUT2D eigenvalue weighted by atomic mass is 28.4. The molecule has 1 unspecified atom stereocenters. The number of rotatable bonds is 8. The Balaban J connectivity index is 2.86. The fourth-order valence-corrected chi connectivity index (χ4v) is 3.55. The highest BCUT2D eigenvalue weighted by Crippen LogP contribution is 2.37. The van der Waals surface area contributed by atoms with Crippen LogP contribution in [-0.4, -0.2) is 32.0 Å².